The molecule has 0 saturated heterocycles. The van der Waals surface area contributed by atoms with Crippen LogP contribution in [0.15, 0.2) is 97.6 Å². The standard InChI is InChI=1S/C24H16N4.Cr.3HNO3/c1-5-17-6-2-10-20-23(17)19(9-1)25-13-14-27-21-11-3-7-18-8-4-12-22(24(18)21)28-16-15-26-20;;3*2-1(3)4/h1-16H;;3*(H,2,3,4)/q;+2;;;. The second-order valence-electron chi connectivity index (χ2n) is 7.13. The van der Waals surface area contributed by atoms with Crippen LogP contribution in [0.25, 0.3) is 43.6 Å². The monoisotopic (exact) mass is 601 g/mol. The van der Waals surface area contributed by atoms with Crippen molar-refractivity contribution in [1.82, 2.24) is 19.9 Å². The van der Waals surface area contributed by atoms with Crippen molar-refractivity contribution in [2.24, 2.45) is 0 Å². The Morgan fingerprint density at radius 3 is 0.854 bits per heavy atom. The summed E-state index contributed by atoms with van der Waals surface area (Å²) in [6.45, 7) is 0. The van der Waals surface area contributed by atoms with Gasteiger partial charge in [0.1, 0.15) is 0 Å². The van der Waals surface area contributed by atoms with Gasteiger partial charge in [-0.3, -0.25) is 19.9 Å². The number of rotatable bonds is 0. The average Bonchev–Trinajstić information content (AvgIpc) is 2.88. The van der Waals surface area contributed by atoms with Crippen molar-refractivity contribution in [2.75, 3.05) is 0 Å². The maximum absolute atomic E-state index is 8.36. The third-order valence-electron chi connectivity index (χ3n) is 4.71. The zero-order valence-electron chi connectivity index (χ0n) is 20.6. The summed E-state index contributed by atoms with van der Waals surface area (Å²) in [4.78, 5) is 43.6. The van der Waals surface area contributed by atoms with Crippen LogP contribution in [0, 0.1) is 30.3 Å². The summed E-state index contributed by atoms with van der Waals surface area (Å²) in [6.07, 6.45) is 6.91. The minimum atomic E-state index is -1.50. The van der Waals surface area contributed by atoms with Crippen LogP contribution in [0.5, 0.6) is 0 Å². The number of nitrogens with zero attached hydrogens (tertiary/aromatic N) is 7. The van der Waals surface area contributed by atoms with Crippen molar-refractivity contribution in [3.63, 3.8) is 0 Å². The predicted molar refractivity (Wildman–Crippen MR) is 140 cm³/mol. The Bertz CT molecular complexity index is 1510. The molecule has 0 amide bonds. The summed E-state index contributed by atoms with van der Waals surface area (Å²) in [5.74, 6) is 0. The number of hydrogen-bond acceptors (Lipinski definition) is 10. The van der Waals surface area contributed by atoms with Gasteiger partial charge >= 0.3 is 17.4 Å². The van der Waals surface area contributed by atoms with E-state index in [-0.39, 0.29) is 17.4 Å². The van der Waals surface area contributed by atoms with E-state index in [2.05, 4.69) is 44.2 Å². The van der Waals surface area contributed by atoms with Gasteiger partial charge in [-0.05, 0) is 35.0 Å². The Morgan fingerprint density at radius 1 is 0.463 bits per heavy atom. The van der Waals surface area contributed by atoms with Crippen molar-refractivity contribution < 1.29 is 48.2 Å². The molecule has 1 aromatic heterocycles. The Kier molecular flexibility index (Phi) is 13.7. The van der Waals surface area contributed by atoms with Crippen molar-refractivity contribution in [3.8, 4) is 0 Å². The summed E-state index contributed by atoms with van der Waals surface area (Å²) in [7, 11) is 0. The first-order valence-corrected chi connectivity index (χ1v) is 10.8. The van der Waals surface area contributed by atoms with Crippen LogP contribution in [0.4, 0.5) is 0 Å². The van der Waals surface area contributed by atoms with Crippen molar-refractivity contribution >= 4 is 43.6 Å². The molecule has 0 radical (unpaired) electrons. The normalized spacial score (nSPS) is 9.17. The predicted octanol–water partition coefficient (Wildman–Crippen LogP) is 4.52. The van der Waals surface area contributed by atoms with Crippen LogP contribution in [-0.4, -0.2) is 50.8 Å². The molecule has 41 heavy (non-hydrogen) atoms. The van der Waals surface area contributed by atoms with Gasteiger partial charge in [-0.2, -0.15) is 0 Å². The van der Waals surface area contributed by atoms with E-state index in [4.69, 9.17) is 46.0 Å². The number of aromatic nitrogens is 4. The average molecular weight is 601 g/mol. The molecule has 1 heterocycles. The summed E-state index contributed by atoms with van der Waals surface area (Å²) in [6, 6.07) is 24.2. The SMILES string of the molecule is O=[N+]([O-])O.O=[N+]([O-])O.O=[N+]([O-])O.[Cr+2].c1cc2cccc3nccnc4cccc5cccc(nccnc(c1)c23)c54. The van der Waals surface area contributed by atoms with Crippen LogP contribution >= 0.6 is 0 Å². The van der Waals surface area contributed by atoms with E-state index < -0.39 is 15.3 Å². The molecule has 0 aliphatic heterocycles. The van der Waals surface area contributed by atoms with Crippen LogP contribution in [0.3, 0.4) is 0 Å². The van der Waals surface area contributed by atoms with E-state index in [1.807, 2.05) is 48.5 Å². The molecule has 208 valence electrons. The molecule has 5 rings (SSSR count). The summed E-state index contributed by atoms with van der Waals surface area (Å²) < 4.78 is 0. The Hall–Kier alpha value is -5.79. The third-order valence-corrected chi connectivity index (χ3v) is 4.71. The Labute approximate surface area is 239 Å². The van der Waals surface area contributed by atoms with E-state index in [0.717, 1.165) is 43.6 Å². The van der Waals surface area contributed by atoms with Gasteiger partial charge in [0.2, 0.25) is 0 Å². The molecule has 0 aliphatic carbocycles. The van der Waals surface area contributed by atoms with Gasteiger partial charge in [-0.25, -0.2) is 0 Å². The summed E-state index contributed by atoms with van der Waals surface area (Å²) >= 11 is 0. The molecule has 0 saturated carbocycles. The molecule has 5 aromatic rings. The van der Waals surface area contributed by atoms with Crippen molar-refractivity contribution in [1.29, 1.82) is 0 Å². The van der Waals surface area contributed by atoms with Gasteiger partial charge in [-0.1, -0.05) is 48.5 Å². The Balaban J connectivity index is 0.000000554. The quantitative estimate of drug-likeness (QED) is 0.163. The van der Waals surface area contributed by atoms with Gasteiger partial charge < -0.3 is 15.6 Å². The molecular weight excluding hydrogens is 582 g/mol. The van der Waals surface area contributed by atoms with E-state index in [1.54, 1.807) is 24.8 Å². The van der Waals surface area contributed by atoms with Gasteiger partial charge in [0.25, 0.3) is 15.3 Å². The fraction of sp³-hybridized carbons (Fsp3) is 0. The molecule has 0 spiro atoms. The molecule has 16 nitrogen and oxygen atoms in total. The minimum Gasteiger partial charge on any atom is -0.328 e. The van der Waals surface area contributed by atoms with Gasteiger partial charge in [0.05, 0.1) is 22.1 Å². The van der Waals surface area contributed by atoms with Gasteiger partial charge in [0.15, 0.2) is 0 Å². The maximum atomic E-state index is 8.36. The molecule has 0 aliphatic rings. The molecular formula is C24H19CrN7O9+2. The van der Waals surface area contributed by atoms with Crippen LogP contribution in [-0.2, 0) is 17.4 Å². The molecule has 0 unspecified atom stereocenters. The van der Waals surface area contributed by atoms with Crippen LogP contribution in [0.1, 0.15) is 0 Å². The molecule has 17 heteroatoms. The fourth-order valence-corrected chi connectivity index (χ4v) is 3.49. The number of hydrogen-bond donors (Lipinski definition) is 3. The van der Waals surface area contributed by atoms with Crippen LogP contribution < -0.4 is 0 Å². The van der Waals surface area contributed by atoms with E-state index in [0.29, 0.717) is 0 Å². The van der Waals surface area contributed by atoms with Gasteiger partial charge in [-0.15, -0.1) is 30.3 Å². The smallest absolute Gasteiger partial charge is 0.328 e. The maximum Gasteiger partial charge on any atom is 2.00 e. The zero-order chi connectivity index (χ0) is 29.5. The van der Waals surface area contributed by atoms with Gasteiger partial charge in [0, 0.05) is 35.6 Å². The third kappa shape index (κ3) is 11.2. The minimum absolute atomic E-state index is 0. The van der Waals surface area contributed by atoms with E-state index in [9.17, 15) is 0 Å². The van der Waals surface area contributed by atoms with Crippen LogP contribution in [0.2, 0.25) is 0 Å². The fourth-order valence-electron chi connectivity index (χ4n) is 3.49. The first kappa shape index (κ1) is 33.2. The second kappa shape index (κ2) is 16.9. The first-order chi connectivity index (χ1) is 19.1. The molecule has 3 N–H and O–H groups in total. The molecule has 4 aromatic carbocycles. The van der Waals surface area contributed by atoms with Crippen molar-refractivity contribution in [2.45, 2.75) is 0 Å². The summed E-state index contributed by atoms with van der Waals surface area (Å²) in [5.41, 5.74) is 3.46. The molecule has 0 atom stereocenters. The second-order valence-corrected chi connectivity index (χ2v) is 7.13. The molecule has 0 fully saturated rings. The van der Waals surface area contributed by atoms with Crippen molar-refractivity contribution in [3.05, 3.63) is 128 Å². The zero-order valence-corrected chi connectivity index (χ0v) is 21.8. The first-order valence-electron chi connectivity index (χ1n) is 10.8. The topological polar surface area (TPSA) is 242 Å². The van der Waals surface area contributed by atoms with E-state index >= 15 is 0 Å². The molecule has 0 bridgehead atoms. The Morgan fingerprint density at radius 2 is 0.659 bits per heavy atom. The number of benzene rings is 4. The van der Waals surface area contributed by atoms with E-state index in [1.165, 1.54) is 0 Å². The largest absolute Gasteiger partial charge is 2.00 e. The summed E-state index contributed by atoms with van der Waals surface area (Å²) in [5, 5.41) is 45.1.